The highest BCUT2D eigenvalue weighted by atomic mass is 31.1. The van der Waals surface area contributed by atoms with Gasteiger partial charge in [0.05, 0.1) is 0 Å². The largest absolute Gasteiger partial charge is 0.121 e. The van der Waals surface area contributed by atoms with Crippen molar-refractivity contribution in [3.8, 4) is 0 Å². The molecule has 2 aliphatic heterocycles. The lowest BCUT2D eigenvalue weighted by molar-refractivity contribution is 0.829. The quantitative estimate of drug-likeness (QED) is 0.567. The highest BCUT2D eigenvalue weighted by molar-refractivity contribution is 7.68. The van der Waals surface area contributed by atoms with Crippen LogP contribution in [0.5, 0.6) is 0 Å². The van der Waals surface area contributed by atoms with E-state index >= 15 is 0 Å². The lowest BCUT2D eigenvalue weighted by Gasteiger charge is -2.24. The molecule has 0 spiro atoms. The summed E-state index contributed by atoms with van der Waals surface area (Å²) in [5, 5.41) is 3.33. The van der Waals surface area contributed by atoms with Crippen LogP contribution in [0.3, 0.4) is 0 Å². The number of benzene rings is 2. The highest BCUT2D eigenvalue weighted by Crippen LogP contribution is 2.53. The molecule has 0 unspecified atom stereocenters. The van der Waals surface area contributed by atoms with Crippen LogP contribution in [0.25, 0.3) is 0 Å². The van der Waals surface area contributed by atoms with Crippen LogP contribution < -0.4 is 10.6 Å². The van der Waals surface area contributed by atoms with E-state index in [1.165, 1.54) is 58.9 Å². The Morgan fingerprint density at radius 2 is 1.12 bits per heavy atom. The van der Waals surface area contributed by atoms with E-state index in [-0.39, 0.29) is 15.8 Å². The van der Waals surface area contributed by atoms with E-state index in [0.717, 1.165) is 11.3 Å². The van der Waals surface area contributed by atoms with Gasteiger partial charge in [-0.05, 0) is 72.3 Å². The van der Waals surface area contributed by atoms with Gasteiger partial charge in [-0.1, -0.05) is 76.5 Å². The third kappa shape index (κ3) is 4.53. The predicted molar refractivity (Wildman–Crippen MR) is 120 cm³/mol. The zero-order valence-corrected chi connectivity index (χ0v) is 17.8. The SMILES string of the molecule is c1ccc([P@@]2CCC[C@@H]2CPC[C@H]2CCC[P@]2c2ccccc2)cc1. The summed E-state index contributed by atoms with van der Waals surface area (Å²) < 4.78 is 0. The minimum absolute atomic E-state index is 0.130. The molecule has 0 radical (unpaired) electrons. The summed E-state index contributed by atoms with van der Waals surface area (Å²) in [6, 6.07) is 22.8. The van der Waals surface area contributed by atoms with Crippen LogP contribution in [0.4, 0.5) is 0 Å². The van der Waals surface area contributed by atoms with Gasteiger partial charge in [0.15, 0.2) is 0 Å². The first-order chi connectivity index (χ1) is 12.4. The van der Waals surface area contributed by atoms with E-state index < -0.39 is 0 Å². The van der Waals surface area contributed by atoms with Crippen molar-refractivity contribution in [3.63, 3.8) is 0 Å². The lowest BCUT2D eigenvalue weighted by atomic mass is 10.3. The van der Waals surface area contributed by atoms with Crippen LogP contribution in [-0.2, 0) is 0 Å². The molecule has 2 aromatic rings. The fourth-order valence-electron chi connectivity index (χ4n) is 4.43. The second kappa shape index (κ2) is 9.09. The molecule has 2 saturated heterocycles. The molecule has 4 atom stereocenters. The van der Waals surface area contributed by atoms with Gasteiger partial charge in [-0.3, -0.25) is 0 Å². The molecule has 0 amide bonds. The van der Waals surface area contributed by atoms with Crippen molar-refractivity contribution >= 4 is 35.0 Å². The van der Waals surface area contributed by atoms with Gasteiger partial charge in [0, 0.05) is 0 Å². The molecule has 0 nitrogen and oxygen atoms in total. The maximum atomic E-state index is 2.39. The Hall–Kier alpha value is -0.270. The Morgan fingerprint density at radius 1 is 0.680 bits per heavy atom. The van der Waals surface area contributed by atoms with Crippen LogP contribution in [-0.4, -0.2) is 36.0 Å². The van der Waals surface area contributed by atoms with E-state index in [9.17, 15) is 0 Å². The van der Waals surface area contributed by atoms with Crippen molar-refractivity contribution in [1.82, 2.24) is 0 Å². The minimum atomic E-state index is 0.130. The van der Waals surface area contributed by atoms with E-state index in [2.05, 4.69) is 60.7 Å². The fourth-order valence-corrected chi connectivity index (χ4v) is 13.4. The zero-order valence-electron chi connectivity index (χ0n) is 15.0. The van der Waals surface area contributed by atoms with E-state index in [1.54, 1.807) is 10.6 Å². The Labute approximate surface area is 157 Å². The molecule has 3 heteroatoms. The number of hydrogen-bond donors (Lipinski definition) is 0. The Morgan fingerprint density at radius 3 is 1.56 bits per heavy atom. The molecular formula is C22H29P3. The molecule has 132 valence electrons. The average Bonchev–Trinajstić information content (AvgIpc) is 3.33. The van der Waals surface area contributed by atoms with Gasteiger partial charge in [0.2, 0.25) is 0 Å². The molecule has 2 aliphatic rings. The summed E-state index contributed by atoms with van der Waals surface area (Å²) in [4.78, 5) is 0. The summed E-state index contributed by atoms with van der Waals surface area (Å²) in [6.45, 7) is 0. The molecule has 2 aromatic carbocycles. The van der Waals surface area contributed by atoms with Gasteiger partial charge in [0.25, 0.3) is 0 Å². The van der Waals surface area contributed by atoms with Crippen LogP contribution in [0.2, 0.25) is 0 Å². The standard InChI is InChI=1S/C22H29P3/c1-3-9-19(10-4-1)24-15-7-13-21(24)17-23-18-22-14-8-16-25(22)20-11-5-2-6-12-20/h1-6,9-12,21-23H,7-8,13-18H2/t21-,22-,24-,25-/m1/s1. The number of rotatable bonds is 6. The minimum Gasteiger partial charge on any atom is -0.121 e. The molecule has 25 heavy (non-hydrogen) atoms. The van der Waals surface area contributed by atoms with Gasteiger partial charge in [-0.25, -0.2) is 0 Å². The molecule has 0 saturated carbocycles. The second-order valence-corrected chi connectivity index (χ2v) is 13.9. The average molecular weight is 386 g/mol. The molecule has 0 N–H and O–H groups in total. The normalized spacial score (nSPS) is 29.1. The molecule has 0 aromatic heterocycles. The van der Waals surface area contributed by atoms with Gasteiger partial charge >= 0.3 is 0 Å². The zero-order chi connectivity index (χ0) is 16.9. The van der Waals surface area contributed by atoms with E-state index in [0.29, 0.717) is 0 Å². The topological polar surface area (TPSA) is 0 Å². The summed E-state index contributed by atoms with van der Waals surface area (Å²) in [7, 11) is 1.45. The smallest absolute Gasteiger partial charge is 0.0132 e. The molecule has 0 aliphatic carbocycles. The summed E-state index contributed by atoms with van der Waals surface area (Å²) >= 11 is 0. The monoisotopic (exact) mass is 386 g/mol. The predicted octanol–water partition coefficient (Wildman–Crippen LogP) is 5.60. The summed E-state index contributed by atoms with van der Waals surface area (Å²) in [6.07, 6.45) is 11.9. The molecule has 0 bridgehead atoms. The van der Waals surface area contributed by atoms with Gasteiger partial charge < -0.3 is 0 Å². The van der Waals surface area contributed by atoms with Crippen molar-refractivity contribution in [2.24, 2.45) is 0 Å². The Balaban J connectivity index is 1.31. The van der Waals surface area contributed by atoms with Gasteiger partial charge in [0.1, 0.15) is 0 Å². The third-order valence-electron chi connectivity index (χ3n) is 5.69. The molecule has 2 heterocycles. The summed E-state index contributed by atoms with van der Waals surface area (Å²) in [5.74, 6) is 0. The molecule has 4 rings (SSSR count). The van der Waals surface area contributed by atoms with Crippen molar-refractivity contribution < 1.29 is 0 Å². The maximum Gasteiger partial charge on any atom is -0.0132 e. The van der Waals surface area contributed by atoms with E-state index in [1.807, 2.05) is 0 Å². The first-order valence-corrected chi connectivity index (χ1v) is 14.4. The van der Waals surface area contributed by atoms with Gasteiger partial charge in [-0.15, -0.1) is 8.58 Å². The number of hydrogen-bond acceptors (Lipinski definition) is 0. The van der Waals surface area contributed by atoms with Crippen LogP contribution in [0, 0.1) is 0 Å². The van der Waals surface area contributed by atoms with Crippen molar-refractivity contribution in [2.75, 3.05) is 24.6 Å². The maximum absolute atomic E-state index is 2.39. The van der Waals surface area contributed by atoms with Crippen molar-refractivity contribution in [3.05, 3.63) is 60.7 Å². The Kier molecular flexibility index (Phi) is 6.58. The first kappa shape index (κ1) is 18.1. The van der Waals surface area contributed by atoms with Crippen molar-refractivity contribution in [2.45, 2.75) is 37.0 Å². The van der Waals surface area contributed by atoms with Crippen LogP contribution >= 0.6 is 24.4 Å². The second-order valence-electron chi connectivity index (χ2n) is 7.31. The van der Waals surface area contributed by atoms with Crippen molar-refractivity contribution in [1.29, 1.82) is 0 Å². The van der Waals surface area contributed by atoms with Crippen LogP contribution in [0.1, 0.15) is 25.7 Å². The Bertz CT molecular complexity index is 585. The lowest BCUT2D eigenvalue weighted by Crippen LogP contribution is -2.15. The van der Waals surface area contributed by atoms with E-state index in [4.69, 9.17) is 0 Å². The highest BCUT2D eigenvalue weighted by Gasteiger charge is 2.30. The van der Waals surface area contributed by atoms with Gasteiger partial charge in [-0.2, -0.15) is 0 Å². The fraction of sp³-hybridized carbons (Fsp3) is 0.455. The third-order valence-corrected chi connectivity index (χ3v) is 14.1. The summed E-state index contributed by atoms with van der Waals surface area (Å²) in [5.41, 5.74) is 2.03. The molecule has 2 fully saturated rings. The first-order valence-electron chi connectivity index (χ1n) is 9.76. The van der Waals surface area contributed by atoms with Crippen LogP contribution in [0.15, 0.2) is 60.7 Å². The molecular weight excluding hydrogens is 357 g/mol.